The number of carbonyl (C=O) groups is 1. The van der Waals surface area contributed by atoms with E-state index in [4.69, 9.17) is 4.74 Å². The van der Waals surface area contributed by atoms with Crippen LogP contribution in [0.25, 0.3) is 0 Å². The highest BCUT2D eigenvalue weighted by Crippen LogP contribution is 2.36. The fourth-order valence-corrected chi connectivity index (χ4v) is 3.79. The topological polar surface area (TPSA) is 88.3 Å². The summed E-state index contributed by atoms with van der Waals surface area (Å²) in [5.74, 6) is 0.206. The van der Waals surface area contributed by atoms with E-state index in [0.29, 0.717) is 18.9 Å². The third kappa shape index (κ3) is 3.58. The van der Waals surface area contributed by atoms with E-state index < -0.39 is 4.92 Å². The number of carbonyl (C=O) groups excluding carboxylic acids is 1. The number of hydrogen-bond acceptors (Lipinski definition) is 5. The predicted octanol–water partition coefficient (Wildman–Crippen LogP) is 4.24. The van der Waals surface area contributed by atoms with Gasteiger partial charge in [0.05, 0.1) is 22.0 Å². The lowest BCUT2D eigenvalue weighted by Gasteiger charge is -2.26. The summed E-state index contributed by atoms with van der Waals surface area (Å²) in [7, 11) is 1.64. The Morgan fingerprint density at radius 3 is 2.48 bits per heavy atom. The lowest BCUT2D eigenvalue weighted by Crippen LogP contribution is -2.34. The smallest absolute Gasteiger partial charge is 0.349 e. The minimum atomic E-state index is -0.454. The number of nitro groups is 1. The molecule has 0 saturated carbocycles. The monoisotopic (exact) mass is 394 g/mol. The van der Waals surface area contributed by atoms with Gasteiger partial charge >= 0.3 is 6.03 Å². The first-order valence-corrected chi connectivity index (χ1v) is 9.55. The van der Waals surface area contributed by atoms with Crippen LogP contribution in [-0.4, -0.2) is 41.9 Å². The molecule has 2 aliphatic rings. The molecule has 0 unspecified atom stereocenters. The van der Waals surface area contributed by atoms with Gasteiger partial charge in [-0.15, -0.1) is 0 Å². The first kappa shape index (κ1) is 19.1. The van der Waals surface area contributed by atoms with Crippen molar-refractivity contribution in [3.8, 4) is 0 Å². The van der Waals surface area contributed by atoms with Crippen LogP contribution in [0.15, 0.2) is 47.6 Å². The Kier molecular flexibility index (Phi) is 5.02. The molecule has 0 spiro atoms. The minimum absolute atomic E-state index is 0.0204. The molecule has 2 amide bonds. The molecular weight excluding hydrogens is 372 g/mol. The second-order valence-corrected chi connectivity index (χ2v) is 7.31. The van der Waals surface area contributed by atoms with E-state index in [9.17, 15) is 14.9 Å². The van der Waals surface area contributed by atoms with Gasteiger partial charge in [-0.3, -0.25) is 15.0 Å². The van der Waals surface area contributed by atoms with Gasteiger partial charge < -0.3 is 4.74 Å². The number of amides is 2. The van der Waals surface area contributed by atoms with E-state index in [0.717, 1.165) is 35.4 Å². The van der Waals surface area contributed by atoms with Gasteiger partial charge in [0.15, 0.2) is 0 Å². The number of nitro benzene ring substituents is 1. The predicted molar refractivity (Wildman–Crippen MR) is 110 cm³/mol. The second kappa shape index (κ2) is 7.63. The summed E-state index contributed by atoms with van der Waals surface area (Å²) in [6, 6.07) is 11.7. The van der Waals surface area contributed by atoms with Gasteiger partial charge in [0.2, 0.25) is 0 Å². The maximum Gasteiger partial charge on any atom is 0.349 e. The van der Waals surface area contributed by atoms with Crippen LogP contribution in [0.5, 0.6) is 0 Å². The fraction of sp³-hybridized carbons (Fsp3) is 0.333. The van der Waals surface area contributed by atoms with E-state index >= 15 is 0 Å². The van der Waals surface area contributed by atoms with E-state index in [1.807, 2.05) is 25.1 Å². The van der Waals surface area contributed by atoms with Gasteiger partial charge in [0.1, 0.15) is 0 Å². The Balaban J connectivity index is 1.84. The lowest BCUT2D eigenvalue weighted by molar-refractivity contribution is -0.384. The number of nitrogens with zero attached hydrogens (tertiary/aromatic N) is 4. The maximum absolute atomic E-state index is 13.3. The summed E-state index contributed by atoms with van der Waals surface area (Å²) in [4.78, 5) is 25.4. The number of ether oxygens (including phenoxy) is 1. The van der Waals surface area contributed by atoms with Crippen LogP contribution in [-0.2, 0) is 4.74 Å². The number of aryl methyl sites for hydroxylation is 1. The molecule has 0 bridgehead atoms. The van der Waals surface area contributed by atoms with Crippen molar-refractivity contribution in [3.05, 3.63) is 63.7 Å². The highest BCUT2D eigenvalue weighted by atomic mass is 16.6. The van der Waals surface area contributed by atoms with Gasteiger partial charge in [-0.2, -0.15) is 5.10 Å². The summed E-state index contributed by atoms with van der Waals surface area (Å²) >= 11 is 0. The van der Waals surface area contributed by atoms with Crippen LogP contribution < -0.4 is 4.90 Å². The van der Waals surface area contributed by atoms with E-state index in [2.05, 4.69) is 5.10 Å². The molecule has 29 heavy (non-hydrogen) atoms. The van der Waals surface area contributed by atoms with Crippen molar-refractivity contribution in [2.24, 2.45) is 11.0 Å². The molecule has 0 aliphatic carbocycles. The summed E-state index contributed by atoms with van der Waals surface area (Å²) in [5.41, 5.74) is 4.07. The Morgan fingerprint density at radius 1 is 1.14 bits per heavy atom. The number of hydrogen-bond donors (Lipinski definition) is 0. The molecular formula is C21H22N4O4. The summed E-state index contributed by atoms with van der Waals surface area (Å²) < 4.78 is 5.50. The molecule has 1 fully saturated rings. The molecule has 8 nitrogen and oxygen atoms in total. The summed E-state index contributed by atoms with van der Waals surface area (Å²) in [6.45, 7) is 3.32. The van der Waals surface area contributed by atoms with Gasteiger partial charge in [-0.05, 0) is 43.5 Å². The molecule has 2 aromatic rings. The fourth-order valence-electron chi connectivity index (χ4n) is 3.79. The molecule has 2 aliphatic heterocycles. The zero-order chi connectivity index (χ0) is 20.5. The highest BCUT2D eigenvalue weighted by molar-refractivity contribution is 6.13. The quantitative estimate of drug-likeness (QED) is 0.575. The van der Waals surface area contributed by atoms with Crippen molar-refractivity contribution < 1.29 is 14.5 Å². The van der Waals surface area contributed by atoms with Crippen LogP contribution in [0.1, 0.15) is 24.0 Å². The van der Waals surface area contributed by atoms with Gasteiger partial charge in [-0.25, -0.2) is 9.80 Å². The standard InChI is InChI=1S/C21H22N4O4/c1-14-3-8-18-19(13-14)24(16-4-6-17(7-5-16)25(27)28)21(26)23(2)22-20(18)15-9-11-29-12-10-15/h3-8,13,15H,9-12H2,1-2H3. The third-order valence-corrected chi connectivity index (χ3v) is 5.32. The van der Waals surface area contributed by atoms with Crippen LogP contribution in [0, 0.1) is 23.0 Å². The Hall–Kier alpha value is -3.26. The molecule has 2 aromatic carbocycles. The zero-order valence-electron chi connectivity index (χ0n) is 16.4. The van der Waals surface area contributed by atoms with Crippen molar-refractivity contribution >= 4 is 28.8 Å². The first-order valence-electron chi connectivity index (χ1n) is 9.55. The average molecular weight is 394 g/mol. The van der Waals surface area contributed by atoms with Crippen LogP contribution >= 0.6 is 0 Å². The molecule has 0 aromatic heterocycles. The van der Waals surface area contributed by atoms with Gasteiger partial charge in [0.25, 0.3) is 5.69 Å². The van der Waals surface area contributed by atoms with E-state index in [1.165, 1.54) is 17.1 Å². The highest BCUT2D eigenvalue weighted by Gasteiger charge is 2.33. The van der Waals surface area contributed by atoms with Crippen molar-refractivity contribution in [2.75, 3.05) is 25.2 Å². The molecule has 1 saturated heterocycles. The Bertz CT molecular complexity index is 981. The van der Waals surface area contributed by atoms with E-state index in [-0.39, 0.29) is 17.6 Å². The van der Waals surface area contributed by atoms with Crippen molar-refractivity contribution in [2.45, 2.75) is 19.8 Å². The number of anilines is 2. The first-order chi connectivity index (χ1) is 14.0. The summed E-state index contributed by atoms with van der Waals surface area (Å²) in [6.07, 6.45) is 1.71. The largest absolute Gasteiger partial charge is 0.381 e. The molecule has 8 heteroatoms. The zero-order valence-corrected chi connectivity index (χ0v) is 16.4. The molecule has 150 valence electrons. The Morgan fingerprint density at radius 2 is 1.83 bits per heavy atom. The SMILES string of the molecule is Cc1ccc2c(c1)N(c1ccc([N+](=O)[O-])cc1)C(=O)N(C)N=C2C1CCOCC1. The molecule has 2 heterocycles. The molecule has 0 N–H and O–H groups in total. The maximum atomic E-state index is 13.3. The van der Waals surface area contributed by atoms with E-state index in [1.54, 1.807) is 24.1 Å². The van der Waals surface area contributed by atoms with Crippen LogP contribution in [0.2, 0.25) is 0 Å². The van der Waals surface area contributed by atoms with Gasteiger partial charge in [0, 0.05) is 43.9 Å². The second-order valence-electron chi connectivity index (χ2n) is 7.31. The number of urea groups is 1. The average Bonchev–Trinajstić information content (AvgIpc) is 2.83. The normalized spacial score (nSPS) is 17.6. The molecule has 0 radical (unpaired) electrons. The number of benzene rings is 2. The van der Waals surface area contributed by atoms with Crippen LogP contribution in [0.4, 0.5) is 21.9 Å². The molecule has 0 atom stereocenters. The van der Waals surface area contributed by atoms with Crippen molar-refractivity contribution in [1.29, 1.82) is 0 Å². The number of non-ortho nitro benzene ring substituents is 1. The van der Waals surface area contributed by atoms with Crippen molar-refractivity contribution in [3.63, 3.8) is 0 Å². The lowest BCUT2D eigenvalue weighted by atomic mass is 9.88. The minimum Gasteiger partial charge on any atom is -0.381 e. The van der Waals surface area contributed by atoms with Gasteiger partial charge in [-0.1, -0.05) is 12.1 Å². The number of hydrazone groups is 1. The Labute approximate surface area is 168 Å². The van der Waals surface area contributed by atoms with Crippen LogP contribution in [0.3, 0.4) is 0 Å². The number of rotatable bonds is 3. The number of fused-ring (bicyclic) bond motifs is 1. The summed E-state index contributed by atoms with van der Waals surface area (Å²) in [5, 5.41) is 17.0. The van der Waals surface area contributed by atoms with Crippen molar-refractivity contribution in [1.82, 2.24) is 5.01 Å². The molecule has 4 rings (SSSR count). The third-order valence-electron chi connectivity index (χ3n) is 5.32.